The zero-order valence-corrected chi connectivity index (χ0v) is 12.4. The number of nitrogens with two attached hydrogens (primary N) is 1. The van der Waals surface area contributed by atoms with Gasteiger partial charge in [0.25, 0.3) is 0 Å². The second-order valence-corrected chi connectivity index (χ2v) is 5.84. The lowest BCUT2D eigenvalue weighted by molar-refractivity contribution is 0.143. The molecule has 0 aromatic carbocycles. The van der Waals surface area contributed by atoms with Crippen molar-refractivity contribution < 1.29 is 4.74 Å². The molecule has 6 nitrogen and oxygen atoms in total. The molecule has 6 heteroatoms. The van der Waals surface area contributed by atoms with E-state index in [0.29, 0.717) is 5.95 Å². The highest BCUT2D eigenvalue weighted by molar-refractivity contribution is 5.77. The Bertz CT molecular complexity index is 581. The van der Waals surface area contributed by atoms with Crippen LogP contribution >= 0.6 is 0 Å². The van der Waals surface area contributed by atoms with Gasteiger partial charge in [-0.2, -0.15) is 5.10 Å². The van der Waals surface area contributed by atoms with Crippen LogP contribution in [0, 0.1) is 12.3 Å². The quantitative estimate of drug-likeness (QED) is 0.893. The molecule has 0 saturated carbocycles. The summed E-state index contributed by atoms with van der Waals surface area (Å²) in [5, 5.41) is 4.40. The second-order valence-electron chi connectivity index (χ2n) is 5.84. The van der Waals surface area contributed by atoms with Gasteiger partial charge < -0.3 is 10.5 Å². The Morgan fingerprint density at radius 3 is 2.68 bits per heavy atom. The van der Waals surface area contributed by atoms with Crippen molar-refractivity contribution in [1.29, 1.82) is 0 Å². The first kappa shape index (κ1) is 13.9. The van der Waals surface area contributed by atoms with Crippen molar-refractivity contribution in [2.75, 3.05) is 19.5 Å². The van der Waals surface area contributed by atoms with E-state index >= 15 is 0 Å². The number of hydrogen-bond donors (Lipinski definition) is 1. The fraction of sp³-hybridized carbons (Fsp3) is 0.692. The summed E-state index contributed by atoms with van der Waals surface area (Å²) >= 11 is 0. The van der Waals surface area contributed by atoms with Crippen molar-refractivity contribution in [3.8, 4) is 0 Å². The number of aromatic nitrogens is 4. The minimum Gasteiger partial charge on any atom is -0.385 e. The predicted octanol–water partition coefficient (Wildman–Crippen LogP) is 1.72. The van der Waals surface area contributed by atoms with E-state index in [1.165, 1.54) is 0 Å². The monoisotopic (exact) mass is 265 g/mol. The molecule has 2 rings (SSSR count). The van der Waals surface area contributed by atoms with E-state index in [1.807, 2.05) is 23.2 Å². The maximum Gasteiger partial charge on any atom is 0.202 e. The van der Waals surface area contributed by atoms with Crippen LogP contribution in [0.5, 0.6) is 0 Å². The van der Waals surface area contributed by atoms with Crippen LogP contribution in [0.1, 0.15) is 26.0 Å². The van der Waals surface area contributed by atoms with E-state index in [4.69, 9.17) is 10.5 Å². The van der Waals surface area contributed by atoms with Crippen LogP contribution in [0.3, 0.4) is 0 Å². The summed E-state index contributed by atoms with van der Waals surface area (Å²) in [6.45, 7) is 7.92. The van der Waals surface area contributed by atoms with Gasteiger partial charge in [0.15, 0.2) is 5.65 Å². The van der Waals surface area contributed by atoms with Gasteiger partial charge in [0.05, 0.1) is 5.69 Å². The third-order valence-electron chi connectivity index (χ3n) is 3.49. The number of ether oxygens (including phenoxy) is 1. The summed E-state index contributed by atoms with van der Waals surface area (Å²) in [6.07, 6.45) is 0.972. The number of aryl methyl sites for hydroxylation is 2. The summed E-state index contributed by atoms with van der Waals surface area (Å²) in [5.41, 5.74) is 8.94. The van der Waals surface area contributed by atoms with Gasteiger partial charge in [-0.05, 0) is 18.8 Å². The predicted molar refractivity (Wildman–Crippen MR) is 75.9 cm³/mol. The van der Waals surface area contributed by atoms with E-state index in [1.54, 1.807) is 7.11 Å². The number of rotatable bonds is 5. The molecule has 0 fully saturated rings. The first-order valence-corrected chi connectivity index (χ1v) is 6.50. The average molecular weight is 265 g/mol. The number of methoxy groups -OCH3 is 1. The van der Waals surface area contributed by atoms with Crippen molar-refractivity contribution in [2.24, 2.45) is 12.5 Å². The number of hydrogen-bond acceptors (Lipinski definition) is 4. The van der Waals surface area contributed by atoms with Crippen LogP contribution in [0.25, 0.3) is 11.2 Å². The number of nitrogens with zero attached hydrogens (tertiary/aromatic N) is 4. The molecule has 0 atom stereocenters. The molecule has 0 spiro atoms. The topological polar surface area (TPSA) is 70.9 Å². The summed E-state index contributed by atoms with van der Waals surface area (Å²) in [7, 11) is 3.65. The van der Waals surface area contributed by atoms with Gasteiger partial charge in [-0.1, -0.05) is 13.8 Å². The van der Waals surface area contributed by atoms with E-state index < -0.39 is 0 Å². The van der Waals surface area contributed by atoms with Gasteiger partial charge in [0.2, 0.25) is 5.95 Å². The Morgan fingerprint density at radius 1 is 1.37 bits per heavy atom. The Labute approximate surface area is 113 Å². The largest absolute Gasteiger partial charge is 0.385 e. The van der Waals surface area contributed by atoms with Gasteiger partial charge in [-0.15, -0.1) is 0 Å². The van der Waals surface area contributed by atoms with E-state index in [2.05, 4.69) is 23.9 Å². The molecular formula is C13H23N5O. The number of nitrogen functional groups attached to an aromatic ring is 1. The molecular weight excluding hydrogens is 242 g/mol. The van der Waals surface area contributed by atoms with Crippen molar-refractivity contribution in [3.63, 3.8) is 0 Å². The normalized spacial score (nSPS) is 12.5. The fourth-order valence-corrected chi connectivity index (χ4v) is 2.39. The Morgan fingerprint density at radius 2 is 2.05 bits per heavy atom. The maximum absolute atomic E-state index is 6.05. The van der Waals surface area contributed by atoms with Crippen LogP contribution in [0.4, 0.5) is 5.95 Å². The minimum atomic E-state index is 0.0932. The molecule has 106 valence electrons. The molecule has 19 heavy (non-hydrogen) atoms. The van der Waals surface area contributed by atoms with Crippen LogP contribution in [-0.4, -0.2) is 33.0 Å². The standard InChI is InChI=1S/C13H23N5O/c1-9-10-11(17(4)16-9)18(12(14)15-10)8-13(2,3)6-7-19-5/h6-8H2,1-5H3,(H2,14,15). The third kappa shape index (κ3) is 2.58. The van der Waals surface area contributed by atoms with Gasteiger partial charge >= 0.3 is 0 Å². The number of fused-ring (bicyclic) bond motifs is 1. The van der Waals surface area contributed by atoms with Crippen LogP contribution in [0.15, 0.2) is 0 Å². The third-order valence-corrected chi connectivity index (χ3v) is 3.49. The van der Waals surface area contributed by atoms with Crippen molar-refractivity contribution in [2.45, 2.75) is 33.7 Å². The Balaban J connectivity index is 2.37. The molecule has 2 heterocycles. The van der Waals surface area contributed by atoms with Gasteiger partial charge in [-0.3, -0.25) is 9.25 Å². The molecule has 0 radical (unpaired) electrons. The van der Waals surface area contributed by atoms with Gasteiger partial charge in [0.1, 0.15) is 5.52 Å². The fourth-order valence-electron chi connectivity index (χ4n) is 2.39. The van der Waals surface area contributed by atoms with Crippen molar-refractivity contribution in [1.82, 2.24) is 19.3 Å². The van der Waals surface area contributed by atoms with Crippen molar-refractivity contribution in [3.05, 3.63) is 5.69 Å². The van der Waals surface area contributed by atoms with E-state index in [-0.39, 0.29) is 5.41 Å². The highest BCUT2D eigenvalue weighted by Crippen LogP contribution is 2.28. The Kier molecular flexibility index (Phi) is 3.54. The molecule has 0 saturated heterocycles. The summed E-state index contributed by atoms with van der Waals surface area (Å²) in [4.78, 5) is 4.42. The zero-order valence-electron chi connectivity index (χ0n) is 12.4. The molecule has 0 amide bonds. The highest BCUT2D eigenvalue weighted by atomic mass is 16.5. The molecule has 0 aliphatic heterocycles. The van der Waals surface area contributed by atoms with Crippen LogP contribution in [-0.2, 0) is 18.3 Å². The summed E-state index contributed by atoms with van der Waals surface area (Å²) < 4.78 is 9.06. The molecule has 0 aliphatic carbocycles. The maximum atomic E-state index is 6.05. The lowest BCUT2D eigenvalue weighted by atomic mass is 9.89. The summed E-state index contributed by atoms with van der Waals surface area (Å²) in [6, 6.07) is 0. The second kappa shape index (κ2) is 4.85. The first-order valence-electron chi connectivity index (χ1n) is 6.50. The number of anilines is 1. The minimum absolute atomic E-state index is 0.0932. The Hall–Kier alpha value is -1.56. The zero-order chi connectivity index (χ0) is 14.2. The van der Waals surface area contributed by atoms with Crippen molar-refractivity contribution >= 4 is 17.1 Å². The van der Waals surface area contributed by atoms with Gasteiger partial charge in [0, 0.05) is 27.3 Å². The smallest absolute Gasteiger partial charge is 0.202 e. The van der Waals surface area contributed by atoms with E-state index in [9.17, 15) is 0 Å². The van der Waals surface area contributed by atoms with E-state index in [0.717, 1.165) is 36.4 Å². The lowest BCUT2D eigenvalue weighted by Gasteiger charge is -2.25. The lowest BCUT2D eigenvalue weighted by Crippen LogP contribution is -2.23. The van der Waals surface area contributed by atoms with Crippen LogP contribution in [0.2, 0.25) is 0 Å². The SMILES string of the molecule is COCCC(C)(C)Cn1c(N)nc2c(C)nn(C)c21. The molecule has 2 aromatic rings. The highest BCUT2D eigenvalue weighted by Gasteiger charge is 2.23. The average Bonchev–Trinajstić information content (AvgIpc) is 2.77. The first-order chi connectivity index (χ1) is 8.85. The molecule has 0 aliphatic rings. The molecule has 2 N–H and O–H groups in total. The molecule has 0 bridgehead atoms. The van der Waals surface area contributed by atoms with Gasteiger partial charge in [-0.25, -0.2) is 4.98 Å². The summed E-state index contributed by atoms with van der Waals surface area (Å²) in [5.74, 6) is 0.552. The van der Waals surface area contributed by atoms with Crippen LogP contribution < -0.4 is 5.73 Å². The number of imidazole rings is 1. The molecule has 0 unspecified atom stereocenters. The molecule has 2 aromatic heterocycles.